The average Bonchev–Trinajstić information content (AvgIpc) is 3.06. The summed E-state index contributed by atoms with van der Waals surface area (Å²) in [4.78, 5) is 0.0956. The fraction of sp³-hybridized carbons (Fsp3) is 0.294. The van der Waals surface area contributed by atoms with Crippen LogP contribution in [0.2, 0.25) is 0 Å². The number of benzene rings is 1. The average molecular weight is 360 g/mol. The molecule has 0 aliphatic rings. The molecule has 0 unspecified atom stereocenters. The van der Waals surface area contributed by atoms with Crippen LogP contribution < -0.4 is 4.72 Å². The van der Waals surface area contributed by atoms with Crippen molar-refractivity contribution in [3.8, 4) is 5.69 Å². The molecule has 0 fully saturated rings. The SMILES string of the molecule is Cc1nn(-c2ccccc2)c(C)c1CNS(=O)(=O)c1c(C)noc1C. The van der Waals surface area contributed by atoms with Crippen LogP contribution in [0.4, 0.5) is 0 Å². The molecule has 2 heterocycles. The number of aryl methyl sites for hydroxylation is 3. The zero-order chi connectivity index (χ0) is 18.2. The van der Waals surface area contributed by atoms with E-state index in [0.29, 0.717) is 5.69 Å². The van der Waals surface area contributed by atoms with Gasteiger partial charge in [0.2, 0.25) is 10.0 Å². The van der Waals surface area contributed by atoms with Gasteiger partial charge in [-0.2, -0.15) is 5.10 Å². The second kappa shape index (κ2) is 6.45. The van der Waals surface area contributed by atoms with Crippen LogP contribution in [0.15, 0.2) is 39.8 Å². The highest BCUT2D eigenvalue weighted by atomic mass is 32.2. The first-order chi connectivity index (χ1) is 11.8. The van der Waals surface area contributed by atoms with E-state index in [4.69, 9.17) is 4.52 Å². The van der Waals surface area contributed by atoms with Crippen LogP contribution in [-0.2, 0) is 16.6 Å². The molecule has 0 spiro atoms. The highest BCUT2D eigenvalue weighted by molar-refractivity contribution is 7.89. The molecule has 0 amide bonds. The Morgan fingerprint density at radius 1 is 1.08 bits per heavy atom. The highest BCUT2D eigenvalue weighted by Gasteiger charge is 2.25. The number of para-hydroxylation sites is 1. The predicted octanol–water partition coefficient (Wildman–Crippen LogP) is 2.57. The van der Waals surface area contributed by atoms with E-state index in [1.54, 1.807) is 13.8 Å². The maximum absolute atomic E-state index is 12.6. The van der Waals surface area contributed by atoms with Crippen molar-refractivity contribution in [1.29, 1.82) is 0 Å². The molecular formula is C17H20N4O3S. The third-order valence-electron chi connectivity index (χ3n) is 4.12. The third kappa shape index (κ3) is 3.22. The largest absolute Gasteiger partial charge is 0.360 e. The molecule has 1 aromatic carbocycles. The van der Waals surface area contributed by atoms with Crippen molar-refractivity contribution in [2.75, 3.05) is 0 Å². The lowest BCUT2D eigenvalue weighted by Crippen LogP contribution is -2.24. The van der Waals surface area contributed by atoms with Gasteiger partial charge in [0.15, 0.2) is 5.76 Å². The lowest BCUT2D eigenvalue weighted by molar-refractivity contribution is 0.390. The summed E-state index contributed by atoms with van der Waals surface area (Å²) in [6.45, 7) is 7.13. The van der Waals surface area contributed by atoms with Gasteiger partial charge in [0, 0.05) is 17.8 Å². The molecule has 0 saturated heterocycles. The van der Waals surface area contributed by atoms with Crippen molar-refractivity contribution in [3.63, 3.8) is 0 Å². The van der Waals surface area contributed by atoms with Gasteiger partial charge in [-0.15, -0.1) is 0 Å². The summed E-state index contributed by atoms with van der Waals surface area (Å²) in [6, 6.07) is 9.72. The normalized spacial score (nSPS) is 11.8. The molecule has 132 valence electrons. The van der Waals surface area contributed by atoms with Crippen molar-refractivity contribution in [1.82, 2.24) is 19.7 Å². The summed E-state index contributed by atoms with van der Waals surface area (Å²) in [5.74, 6) is 0.276. The predicted molar refractivity (Wildman–Crippen MR) is 93.0 cm³/mol. The van der Waals surface area contributed by atoms with Crippen LogP contribution in [0, 0.1) is 27.7 Å². The second-order valence-electron chi connectivity index (χ2n) is 5.87. The summed E-state index contributed by atoms with van der Waals surface area (Å²) < 4.78 is 34.5. The van der Waals surface area contributed by atoms with Crippen molar-refractivity contribution >= 4 is 10.0 Å². The van der Waals surface area contributed by atoms with Crippen molar-refractivity contribution in [3.05, 3.63) is 58.7 Å². The molecule has 3 rings (SSSR count). The Kier molecular flexibility index (Phi) is 4.49. The minimum absolute atomic E-state index is 0.0956. The first-order valence-corrected chi connectivity index (χ1v) is 9.32. The van der Waals surface area contributed by atoms with Gasteiger partial charge in [-0.1, -0.05) is 23.4 Å². The van der Waals surface area contributed by atoms with Crippen LogP contribution in [-0.4, -0.2) is 23.4 Å². The summed E-state index contributed by atoms with van der Waals surface area (Å²) in [7, 11) is -3.71. The van der Waals surface area contributed by atoms with Gasteiger partial charge in [-0.25, -0.2) is 17.8 Å². The van der Waals surface area contributed by atoms with Crippen LogP contribution in [0.1, 0.15) is 28.4 Å². The molecule has 2 aromatic heterocycles. The van der Waals surface area contributed by atoms with E-state index in [1.165, 1.54) is 0 Å². The number of hydrogen-bond acceptors (Lipinski definition) is 5. The first kappa shape index (κ1) is 17.4. The van der Waals surface area contributed by atoms with E-state index >= 15 is 0 Å². The summed E-state index contributed by atoms with van der Waals surface area (Å²) in [5, 5.41) is 8.24. The molecule has 0 bridgehead atoms. The van der Waals surface area contributed by atoms with Gasteiger partial charge in [0.05, 0.1) is 11.4 Å². The molecule has 7 nitrogen and oxygen atoms in total. The smallest absolute Gasteiger partial charge is 0.246 e. The number of sulfonamides is 1. The second-order valence-corrected chi connectivity index (χ2v) is 7.58. The summed E-state index contributed by atoms with van der Waals surface area (Å²) in [5.41, 5.74) is 3.80. The molecule has 8 heteroatoms. The van der Waals surface area contributed by atoms with Crippen molar-refractivity contribution in [2.45, 2.75) is 39.1 Å². The van der Waals surface area contributed by atoms with E-state index in [0.717, 1.165) is 22.6 Å². The Labute approximate surface area is 146 Å². The molecule has 3 aromatic rings. The minimum Gasteiger partial charge on any atom is -0.360 e. The van der Waals surface area contributed by atoms with Crippen LogP contribution in [0.5, 0.6) is 0 Å². The maximum atomic E-state index is 12.6. The fourth-order valence-electron chi connectivity index (χ4n) is 2.85. The van der Waals surface area contributed by atoms with Crippen molar-refractivity contribution in [2.24, 2.45) is 0 Å². The van der Waals surface area contributed by atoms with Crippen LogP contribution in [0.3, 0.4) is 0 Å². The summed E-state index contributed by atoms with van der Waals surface area (Å²) >= 11 is 0. The molecule has 0 aliphatic heterocycles. The number of nitrogens with zero attached hydrogens (tertiary/aromatic N) is 3. The van der Waals surface area contributed by atoms with Gasteiger partial charge >= 0.3 is 0 Å². The molecule has 1 N–H and O–H groups in total. The van der Waals surface area contributed by atoms with Gasteiger partial charge in [0.25, 0.3) is 0 Å². The van der Waals surface area contributed by atoms with E-state index < -0.39 is 10.0 Å². The van der Waals surface area contributed by atoms with Crippen LogP contribution in [0.25, 0.3) is 5.69 Å². The van der Waals surface area contributed by atoms with Gasteiger partial charge in [-0.3, -0.25) is 0 Å². The molecule has 0 aliphatic carbocycles. The monoisotopic (exact) mass is 360 g/mol. The fourth-order valence-corrected chi connectivity index (χ4v) is 4.17. The number of hydrogen-bond donors (Lipinski definition) is 1. The standard InChI is InChI=1S/C17H20N4O3S/c1-11-16(13(3)21(19-11)15-8-6-5-7-9-15)10-18-25(22,23)17-12(2)20-24-14(17)4/h5-9,18H,10H2,1-4H3. The zero-order valence-electron chi connectivity index (χ0n) is 14.6. The molecular weight excluding hydrogens is 340 g/mol. The Morgan fingerprint density at radius 2 is 1.76 bits per heavy atom. The Bertz CT molecular complexity index is 985. The summed E-state index contributed by atoms with van der Waals surface area (Å²) in [6.07, 6.45) is 0. The molecule has 0 saturated carbocycles. The van der Waals surface area contributed by atoms with E-state index in [-0.39, 0.29) is 17.2 Å². The van der Waals surface area contributed by atoms with E-state index in [1.807, 2.05) is 48.9 Å². The van der Waals surface area contributed by atoms with Gasteiger partial charge in [0.1, 0.15) is 10.6 Å². The Hall–Kier alpha value is -2.45. The number of rotatable bonds is 5. The minimum atomic E-state index is -3.71. The Balaban J connectivity index is 1.89. The lowest BCUT2D eigenvalue weighted by atomic mass is 10.2. The Morgan fingerprint density at radius 3 is 2.36 bits per heavy atom. The van der Waals surface area contributed by atoms with Gasteiger partial charge < -0.3 is 4.52 Å². The lowest BCUT2D eigenvalue weighted by Gasteiger charge is -2.08. The molecule has 0 radical (unpaired) electrons. The first-order valence-electron chi connectivity index (χ1n) is 7.84. The zero-order valence-corrected chi connectivity index (χ0v) is 15.4. The quantitative estimate of drug-likeness (QED) is 0.755. The van der Waals surface area contributed by atoms with Crippen LogP contribution >= 0.6 is 0 Å². The number of aromatic nitrogens is 3. The van der Waals surface area contributed by atoms with Crippen molar-refractivity contribution < 1.29 is 12.9 Å². The molecule has 0 atom stereocenters. The topological polar surface area (TPSA) is 90.0 Å². The maximum Gasteiger partial charge on any atom is 0.246 e. The highest BCUT2D eigenvalue weighted by Crippen LogP contribution is 2.21. The third-order valence-corrected chi connectivity index (χ3v) is 5.76. The van der Waals surface area contributed by atoms with E-state index in [9.17, 15) is 8.42 Å². The number of nitrogens with one attached hydrogen (secondary N) is 1. The van der Waals surface area contributed by atoms with Gasteiger partial charge in [-0.05, 0) is 39.8 Å². The van der Waals surface area contributed by atoms with E-state index in [2.05, 4.69) is 15.0 Å². The molecule has 25 heavy (non-hydrogen) atoms.